The smallest absolute Gasteiger partial charge is 0.141 e. The Labute approximate surface area is 161 Å². The van der Waals surface area contributed by atoms with Gasteiger partial charge in [-0.1, -0.05) is 23.4 Å². The normalized spacial score (nSPS) is 21.8. The number of hydrogen-bond acceptors (Lipinski definition) is 5. The minimum atomic E-state index is 0.441. The predicted molar refractivity (Wildman–Crippen MR) is 107 cm³/mol. The van der Waals surface area contributed by atoms with E-state index in [-0.39, 0.29) is 0 Å². The molecule has 1 saturated heterocycles. The molecule has 1 aromatic heterocycles. The molecule has 3 heterocycles. The van der Waals surface area contributed by atoms with Crippen molar-refractivity contribution in [3.05, 3.63) is 40.8 Å². The summed E-state index contributed by atoms with van der Waals surface area (Å²) in [7, 11) is 2.06. The highest BCUT2D eigenvalue weighted by Crippen LogP contribution is 2.42. The van der Waals surface area contributed by atoms with Gasteiger partial charge in [0.05, 0.1) is 5.69 Å². The molecule has 5 heteroatoms. The van der Waals surface area contributed by atoms with Gasteiger partial charge in [-0.2, -0.15) is 5.10 Å². The molecule has 2 aliphatic rings. The minimum absolute atomic E-state index is 0.441. The lowest BCUT2D eigenvalue weighted by molar-refractivity contribution is 0.0532. The van der Waals surface area contributed by atoms with Crippen LogP contribution in [0.2, 0.25) is 0 Å². The van der Waals surface area contributed by atoms with Gasteiger partial charge in [0, 0.05) is 44.5 Å². The van der Waals surface area contributed by atoms with Crippen LogP contribution in [0.3, 0.4) is 0 Å². The zero-order valence-electron chi connectivity index (χ0n) is 16.7. The zero-order chi connectivity index (χ0) is 19.0. The van der Waals surface area contributed by atoms with Crippen LogP contribution < -0.4 is 0 Å². The number of hydrazone groups is 1. The van der Waals surface area contributed by atoms with Crippen molar-refractivity contribution in [1.29, 1.82) is 0 Å². The highest BCUT2D eigenvalue weighted by molar-refractivity contribution is 5.73. The van der Waals surface area contributed by atoms with Crippen molar-refractivity contribution in [3.8, 4) is 11.1 Å². The van der Waals surface area contributed by atoms with E-state index in [1.165, 1.54) is 16.7 Å². The van der Waals surface area contributed by atoms with Crippen LogP contribution in [0.25, 0.3) is 11.1 Å². The monoisotopic (exact) mass is 367 g/mol. The standard InChI is InChI=1S/C22H29N3O2/c1-14-19(21-15(2)24-27-16(21)3)6-5-7-20(14)22(17-8-10-26-11-9-17)18-12-23-25(4)13-18/h5-7,12,17-18,22H,8-11,13H2,1-4H3. The molecule has 4 rings (SSSR count). The number of aryl methyl sites for hydroxylation is 2. The van der Waals surface area contributed by atoms with Crippen molar-refractivity contribution >= 4 is 6.21 Å². The Kier molecular flexibility index (Phi) is 5.04. The molecular weight excluding hydrogens is 338 g/mol. The average molecular weight is 367 g/mol. The maximum Gasteiger partial charge on any atom is 0.141 e. The highest BCUT2D eigenvalue weighted by atomic mass is 16.5. The molecule has 0 amide bonds. The van der Waals surface area contributed by atoms with Gasteiger partial charge >= 0.3 is 0 Å². The molecule has 1 aromatic carbocycles. The van der Waals surface area contributed by atoms with Crippen LogP contribution in [0.4, 0.5) is 0 Å². The Morgan fingerprint density at radius 1 is 1.15 bits per heavy atom. The minimum Gasteiger partial charge on any atom is -0.381 e. The van der Waals surface area contributed by atoms with Crippen LogP contribution in [-0.4, -0.2) is 43.2 Å². The van der Waals surface area contributed by atoms with E-state index in [1.54, 1.807) is 0 Å². The van der Waals surface area contributed by atoms with Gasteiger partial charge in [0.1, 0.15) is 5.76 Å². The molecule has 27 heavy (non-hydrogen) atoms. The molecular formula is C22H29N3O2. The summed E-state index contributed by atoms with van der Waals surface area (Å²) < 4.78 is 11.1. The maximum atomic E-state index is 5.65. The quantitative estimate of drug-likeness (QED) is 0.807. The van der Waals surface area contributed by atoms with Crippen LogP contribution in [0.1, 0.15) is 41.3 Å². The average Bonchev–Trinajstić information content (AvgIpc) is 3.23. The van der Waals surface area contributed by atoms with Crippen molar-refractivity contribution < 1.29 is 9.26 Å². The summed E-state index contributed by atoms with van der Waals surface area (Å²) in [4.78, 5) is 0. The summed E-state index contributed by atoms with van der Waals surface area (Å²) in [6, 6.07) is 6.69. The summed E-state index contributed by atoms with van der Waals surface area (Å²) in [5, 5.41) is 10.8. The summed E-state index contributed by atoms with van der Waals surface area (Å²) in [6.07, 6.45) is 4.39. The van der Waals surface area contributed by atoms with Crippen molar-refractivity contribution in [3.63, 3.8) is 0 Å². The molecule has 2 aliphatic heterocycles. The fraction of sp³-hybridized carbons (Fsp3) is 0.545. The van der Waals surface area contributed by atoms with Gasteiger partial charge in [-0.25, -0.2) is 0 Å². The number of rotatable bonds is 4. The molecule has 144 valence electrons. The Balaban J connectivity index is 1.78. The second kappa shape index (κ2) is 7.47. The van der Waals surface area contributed by atoms with E-state index >= 15 is 0 Å². The van der Waals surface area contributed by atoms with Crippen LogP contribution in [0.15, 0.2) is 27.8 Å². The van der Waals surface area contributed by atoms with Gasteiger partial charge in [-0.3, -0.25) is 5.01 Å². The molecule has 0 aliphatic carbocycles. The Morgan fingerprint density at radius 2 is 1.93 bits per heavy atom. The fourth-order valence-electron chi connectivity index (χ4n) is 4.87. The van der Waals surface area contributed by atoms with Crippen LogP contribution in [0.5, 0.6) is 0 Å². The number of ether oxygens (including phenoxy) is 1. The first kappa shape index (κ1) is 18.2. The van der Waals surface area contributed by atoms with E-state index in [0.717, 1.165) is 49.6 Å². The number of benzene rings is 1. The summed E-state index contributed by atoms with van der Waals surface area (Å²) in [5.74, 6) is 2.41. The van der Waals surface area contributed by atoms with E-state index < -0.39 is 0 Å². The van der Waals surface area contributed by atoms with Crippen LogP contribution >= 0.6 is 0 Å². The van der Waals surface area contributed by atoms with Crippen molar-refractivity contribution in [2.24, 2.45) is 16.9 Å². The summed E-state index contributed by atoms with van der Waals surface area (Å²) in [6.45, 7) is 8.98. The first-order valence-corrected chi connectivity index (χ1v) is 9.92. The van der Waals surface area contributed by atoms with E-state index in [0.29, 0.717) is 17.8 Å². The lowest BCUT2D eigenvalue weighted by Gasteiger charge is -2.35. The van der Waals surface area contributed by atoms with Gasteiger partial charge < -0.3 is 9.26 Å². The van der Waals surface area contributed by atoms with Gasteiger partial charge in [0.2, 0.25) is 0 Å². The summed E-state index contributed by atoms with van der Waals surface area (Å²) in [5.41, 5.74) is 6.11. The highest BCUT2D eigenvalue weighted by Gasteiger charge is 2.35. The molecule has 0 saturated carbocycles. The Hall–Kier alpha value is -2.14. The van der Waals surface area contributed by atoms with Gasteiger partial charge in [0.25, 0.3) is 0 Å². The molecule has 1 fully saturated rings. The van der Waals surface area contributed by atoms with Crippen LogP contribution in [-0.2, 0) is 4.74 Å². The second-order valence-electron chi connectivity index (χ2n) is 7.96. The van der Waals surface area contributed by atoms with E-state index in [2.05, 4.69) is 53.7 Å². The molecule has 2 atom stereocenters. The third-order valence-corrected chi connectivity index (χ3v) is 6.20. The van der Waals surface area contributed by atoms with E-state index in [1.807, 2.05) is 13.8 Å². The van der Waals surface area contributed by atoms with Gasteiger partial charge in [0.15, 0.2) is 0 Å². The molecule has 0 N–H and O–H groups in total. The molecule has 0 radical (unpaired) electrons. The lowest BCUT2D eigenvalue weighted by atomic mass is 9.72. The maximum absolute atomic E-state index is 5.65. The third kappa shape index (κ3) is 3.41. The first-order chi connectivity index (χ1) is 13.1. The van der Waals surface area contributed by atoms with E-state index in [4.69, 9.17) is 9.26 Å². The SMILES string of the molecule is Cc1noc(C)c1-c1cccc(C(C2C=NN(C)C2)C2CCOCC2)c1C. The Morgan fingerprint density at radius 3 is 2.56 bits per heavy atom. The lowest BCUT2D eigenvalue weighted by Crippen LogP contribution is -2.30. The number of hydrogen-bond donors (Lipinski definition) is 0. The first-order valence-electron chi connectivity index (χ1n) is 9.92. The second-order valence-corrected chi connectivity index (χ2v) is 7.96. The Bertz CT molecular complexity index is 817. The van der Waals surface area contributed by atoms with Crippen LogP contribution in [0, 0.1) is 32.6 Å². The van der Waals surface area contributed by atoms with Gasteiger partial charge in [-0.05, 0) is 62.1 Å². The number of aromatic nitrogens is 1. The zero-order valence-corrected chi connectivity index (χ0v) is 16.7. The molecule has 2 aromatic rings. The molecule has 0 bridgehead atoms. The fourth-order valence-corrected chi connectivity index (χ4v) is 4.87. The van der Waals surface area contributed by atoms with Gasteiger partial charge in [-0.15, -0.1) is 0 Å². The van der Waals surface area contributed by atoms with Crippen molar-refractivity contribution in [1.82, 2.24) is 10.2 Å². The topological polar surface area (TPSA) is 50.9 Å². The van der Waals surface area contributed by atoms with Crippen molar-refractivity contribution in [2.75, 3.05) is 26.8 Å². The molecule has 5 nitrogen and oxygen atoms in total. The van der Waals surface area contributed by atoms with Crippen molar-refractivity contribution in [2.45, 2.75) is 39.5 Å². The predicted octanol–water partition coefficient (Wildman–Crippen LogP) is 4.32. The largest absolute Gasteiger partial charge is 0.381 e. The summed E-state index contributed by atoms with van der Waals surface area (Å²) >= 11 is 0. The molecule has 2 unspecified atom stereocenters. The third-order valence-electron chi connectivity index (χ3n) is 6.20. The van der Waals surface area contributed by atoms with E-state index in [9.17, 15) is 0 Å². The molecule has 0 spiro atoms. The number of nitrogens with zero attached hydrogens (tertiary/aromatic N) is 3.